The molecule has 0 saturated carbocycles. The van der Waals surface area contributed by atoms with Gasteiger partial charge in [0.1, 0.15) is 11.6 Å². The van der Waals surface area contributed by atoms with Gasteiger partial charge in [0.2, 0.25) is 0 Å². The van der Waals surface area contributed by atoms with Crippen molar-refractivity contribution in [3.63, 3.8) is 0 Å². The molecule has 120 valence electrons. The minimum Gasteiger partial charge on any atom is -0.318 e. The van der Waals surface area contributed by atoms with E-state index in [2.05, 4.69) is 15.5 Å². The summed E-state index contributed by atoms with van der Waals surface area (Å²) in [6.45, 7) is 5.23. The third kappa shape index (κ3) is 6.98. The van der Waals surface area contributed by atoms with Gasteiger partial charge in [-0.3, -0.25) is 0 Å². The number of halogens is 2. The number of nitrogens with zero attached hydrogens (tertiary/aromatic N) is 1. The summed E-state index contributed by atoms with van der Waals surface area (Å²) in [7, 11) is 3.66. The molecule has 0 unspecified atom stereocenters. The number of hydrogen-bond donors (Lipinski definition) is 2. The summed E-state index contributed by atoms with van der Waals surface area (Å²) >= 11 is 0. The highest BCUT2D eigenvalue weighted by Crippen LogP contribution is 2.10. The van der Waals surface area contributed by atoms with Crippen molar-refractivity contribution in [1.82, 2.24) is 15.5 Å². The molecule has 0 atom stereocenters. The zero-order valence-electron chi connectivity index (χ0n) is 13.1. The second-order valence-corrected chi connectivity index (χ2v) is 5.24. The van der Waals surface area contributed by atoms with Gasteiger partial charge in [-0.1, -0.05) is 12.5 Å². The van der Waals surface area contributed by atoms with Crippen LogP contribution in [0.15, 0.2) is 18.2 Å². The van der Waals surface area contributed by atoms with Crippen molar-refractivity contribution in [1.29, 1.82) is 0 Å². The van der Waals surface area contributed by atoms with E-state index < -0.39 is 11.6 Å². The van der Waals surface area contributed by atoms with Gasteiger partial charge < -0.3 is 15.5 Å². The fraction of sp³-hybridized carbons (Fsp3) is 0.625. The predicted molar refractivity (Wildman–Crippen MR) is 83.3 cm³/mol. The summed E-state index contributed by atoms with van der Waals surface area (Å²) in [6.07, 6.45) is 4.25. The average Bonchev–Trinajstić information content (AvgIpc) is 2.51. The zero-order chi connectivity index (χ0) is 15.5. The maximum Gasteiger partial charge on any atom is 0.130 e. The Hall–Kier alpha value is -1.04. The van der Waals surface area contributed by atoms with Gasteiger partial charge in [0.15, 0.2) is 0 Å². The highest BCUT2D eigenvalue weighted by Gasteiger charge is 2.07. The molecule has 0 amide bonds. The number of nitrogens with one attached hydrogen (secondary N) is 2. The normalized spacial score (nSPS) is 15.4. The highest BCUT2D eigenvalue weighted by atomic mass is 19.1. The topological polar surface area (TPSA) is 27.3 Å². The van der Waals surface area contributed by atoms with E-state index >= 15 is 0 Å². The maximum atomic E-state index is 12.8. The lowest BCUT2D eigenvalue weighted by atomic mass is 10.1. The summed E-state index contributed by atoms with van der Waals surface area (Å²) in [5.41, 5.74) is 0.0926. The Labute approximate surface area is 126 Å². The van der Waals surface area contributed by atoms with Gasteiger partial charge in [0.05, 0.1) is 0 Å². The number of hydrogen-bond acceptors (Lipinski definition) is 3. The van der Waals surface area contributed by atoms with Crippen LogP contribution in [0.25, 0.3) is 0 Å². The Balaban J connectivity index is 0.000000211. The van der Waals surface area contributed by atoms with Gasteiger partial charge in [-0.05, 0) is 52.2 Å². The standard InChI is InChI=1S/C8H9F2N.C8H18N2/c1-11-5-6-7(9)3-2-4-8(6)10;1-9-5-8-10-6-3-2-4-7-10/h2-4,11H,5H2,1H3;9H,2-8H2,1H3. The monoisotopic (exact) mass is 299 g/mol. The van der Waals surface area contributed by atoms with E-state index in [0.29, 0.717) is 0 Å². The molecule has 2 N–H and O–H groups in total. The van der Waals surface area contributed by atoms with Crippen LogP contribution in [0, 0.1) is 11.6 Å². The SMILES string of the molecule is CNCCN1CCCCC1.CNCc1c(F)cccc1F. The third-order valence-corrected chi connectivity index (χ3v) is 3.54. The minimum absolute atomic E-state index is 0.0926. The quantitative estimate of drug-likeness (QED) is 0.874. The molecule has 0 spiro atoms. The molecule has 1 heterocycles. The largest absolute Gasteiger partial charge is 0.318 e. The van der Waals surface area contributed by atoms with E-state index in [1.165, 1.54) is 57.1 Å². The smallest absolute Gasteiger partial charge is 0.130 e. The second kappa shape index (κ2) is 10.7. The Bertz CT molecular complexity index is 373. The molecule has 3 nitrogen and oxygen atoms in total. The third-order valence-electron chi connectivity index (χ3n) is 3.54. The van der Waals surface area contributed by atoms with E-state index in [1.54, 1.807) is 7.05 Å². The molecule has 1 aliphatic heterocycles. The van der Waals surface area contributed by atoms with Gasteiger partial charge in [-0.15, -0.1) is 0 Å². The van der Waals surface area contributed by atoms with E-state index in [9.17, 15) is 8.78 Å². The summed E-state index contributed by atoms with van der Waals surface area (Å²) in [5.74, 6) is -1.00. The lowest BCUT2D eigenvalue weighted by Gasteiger charge is -2.25. The maximum absolute atomic E-state index is 12.8. The van der Waals surface area contributed by atoms with Crippen molar-refractivity contribution in [3.8, 4) is 0 Å². The van der Waals surface area contributed by atoms with Gasteiger partial charge in [0.25, 0.3) is 0 Å². The lowest BCUT2D eigenvalue weighted by molar-refractivity contribution is 0.231. The summed E-state index contributed by atoms with van der Waals surface area (Å²) in [5, 5.41) is 5.86. The van der Waals surface area contributed by atoms with Crippen molar-refractivity contribution in [2.75, 3.05) is 40.3 Å². The zero-order valence-corrected chi connectivity index (χ0v) is 13.1. The molecule has 1 saturated heterocycles. The van der Waals surface area contributed by atoms with Crippen molar-refractivity contribution in [2.45, 2.75) is 25.8 Å². The fourth-order valence-electron chi connectivity index (χ4n) is 2.33. The van der Waals surface area contributed by atoms with Crippen LogP contribution >= 0.6 is 0 Å². The van der Waals surface area contributed by atoms with Crippen LogP contribution in [0.5, 0.6) is 0 Å². The summed E-state index contributed by atoms with van der Waals surface area (Å²) in [4.78, 5) is 2.54. The fourth-order valence-corrected chi connectivity index (χ4v) is 2.33. The first-order valence-corrected chi connectivity index (χ1v) is 7.63. The molecule has 1 aromatic rings. The van der Waals surface area contributed by atoms with Gasteiger partial charge in [-0.25, -0.2) is 8.78 Å². The van der Waals surface area contributed by atoms with Crippen molar-refractivity contribution < 1.29 is 8.78 Å². The molecular formula is C16H27F2N3. The van der Waals surface area contributed by atoms with Gasteiger partial charge in [0, 0.05) is 25.2 Å². The minimum atomic E-state index is -0.501. The molecular weight excluding hydrogens is 272 g/mol. The number of benzene rings is 1. The van der Waals surface area contributed by atoms with E-state index in [0.717, 1.165) is 6.54 Å². The first-order chi connectivity index (χ1) is 10.2. The van der Waals surface area contributed by atoms with Crippen LogP contribution in [0.4, 0.5) is 8.78 Å². The number of piperidine rings is 1. The van der Waals surface area contributed by atoms with Crippen LogP contribution in [0.2, 0.25) is 0 Å². The van der Waals surface area contributed by atoms with E-state index in [4.69, 9.17) is 0 Å². The Morgan fingerprint density at radius 3 is 2.14 bits per heavy atom. The highest BCUT2D eigenvalue weighted by molar-refractivity contribution is 5.19. The molecule has 0 aliphatic carbocycles. The summed E-state index contributed by atoms with van der Waals surface area (Å²) in [6, 6.07) is 3.84. The second-order valence-electron chi connectivity index (χ2n) is 5.24. The molecule has 0 bridgehead atoms. The number of rotatable bonds is 5. The first kappa shape index (κ1) is 18.0. The molecule has 1 aliphatic rings. The van der Waals surface area contributed by atoms with E-state index in [1.807, 2.05) is 7.05 Å². The predicted octanol–water partition coefficient (Wildman–Crippen LogP) is 2.38. The van der Waals surface area contributed by atoms with Crippen molar-refractivity contribution in [3.05, 3.63) is 35.4 Å². The van der Waals surface area contributed by atoms with Crippen LogP contribution in [0.1, 0.15) is 24.8 Å². The number of likely N-dealkylation sites (tertiary alicyclic amines) is 1. The summed E-state index contributed by atoms with van der Waals surface area (Å²) < 4.78 is 25.5. The molecule has 0 radical (unpaired) electrons. The van der Waals surface area contributed by atoms with Crippen molar-refractivity contribution in [2.24, 2.45) is 0 Å². The first-order valence-electron chi connectivity index (χ1n) is 7.63. The lowest BCUT2D eigenvalue weighted by Crippen LogP contribution is -2.34. The van der Waals surface area contributed by atoms with Crippen LogP contribution in [0.3, 0.4) is 0 Å². The van der Waals surface area contributed by atoms with Crippen LogP contribution in [-0.2, 0) is 6.54 Å². The van der Waals surface area contributed by atoms with Crippen LogP contribution < -0.4 is 10.6 Å². The van der Waals surface area contributed by atoms with Crippen LogP contribution in [-0.4, -0.2) is 45.2 Å². The molecule has 21 heavy (non-hydrogen) atoms. The molecule has 0 aromatic heterocycles. The Morgan fingerprint density at radius 1 is 1.00 bits per heavy atom. The van der Waals surface area contributed by atoms with E-state index in [-0.39, 0.29) is 12.1 Å². The number of likely N-dealkylation sites (N-methyl/N-ethyl adjacent to an activating group) is 1. The molecule has 1 fully saturated rings. The molecule has 5 heteroatoms. The van der Waals surface area contributed by atoms with Crippen molar-refractivity contribution >= 4 is 0 Å². The average molecular weight is 299 g/mol. The Kier molecular flexibility index (Phi) is 9.14. The molecule has 1 aromatic carbocycles. The van der Waals surface area contributed by atoms with Gasteiger partial charge in [-0.2, -0.15) is 0 Å². The van der Waals surface area contributed by atoms with Gasteiger partial charge >= 0.3 is 0 Å². The molecule has 2 rings (SSSR count). The Morgan fingerprint density at radius 2 is 1.62 bits per heavy atom.